The summed E-state index contributed by atoms with van der Waals surface area (Å²) in [6.07, 6.45) is -2.86. The number of carbonyl (C=O) groups is 1. The predicted octanol–water partition coefficient (Wildman–Crippen LogP) is 4.88. The van der Waals surface area contributed by atoms with E-state index in [9.17, 15) is 18.0 Å². The third-order valence-electron chi connectivity index (χ3n) is 4.31. The highest BCUT2D eigenvalue weighted by molar-refractivity contribution is 5.88. The van der Waals surface area contributed by atoms with Gasteiger partial charge in [-0.2, -0.15) is 13.2 Å². The highest BCUT2D eigenvalue weighted by Crippen LogP contribution is 2.31. The summed E-state index contributed by atoms with van der Waals surface area (Å²) in [5.41, 5.74) is 0.945. The maximum absolute atomic E-state index is 12.8. The molecule has 0 saturated carbocycles. The molecule has 27 heavy (non-hydrogen) atoms. The molecule has 0 saturated heterocycles. The Morgan fingerprint density at radius 1 is 1.22 bits per heavy atom. The molecular weight excluding hydrogens is 359 g/mol. The Hall–Kier alpha value is -2.96. The summed E-state index contributed by atoms with van der Waals surface area (Å²) in [7, 11) is 1.55. The normalized spacial score (nSPS) is 12.8. The van der Waals surface area contributed by atoms with Gasteiger partial charge in [0.25, 0.3) is 0 Å². The van der Waals surface area contributed by atoms with E-state index in [-0.39, 0.29) is 12.3 Å². The molecule has 0 aliphatic carbocycles. The van der Waals surface area contributed by atoms with Gasteiger partial charge in [0.05, 0.1) is 31.4 Å². The van der Waals surface area contributed by atoms with Crippen LogP contribution in [-0.2, 0) is 17.4 Å². The molecule has 7 heteroatoms. The second kappa shape index (κ2) is 7.34. The molecule has 1 N–H and O–H groups in total. The number of carbonyl (C=O) groups excluding carboxylic acids is 1. The Morgan fingerprint density at radius 3 is 2.70 bits per heavy atom. The van der Waals surface area contributed by atoms with Crippen molar-refractivity contribution < 1.29 is 27.1 Å². The molecule has 0 fully saturated rings. The maximum Gasteiger partial charge on any atom is 0.416 e. The van der Waals surface area contributed by atoms with Gasteiger partial charge in [0.2, 0.25) is 5.91 Å². The van der Waals surface area contributed by atoms with Gasteiger partial charge < -0.3 is 14.5 Å². The van der Waals surface area contributed by atoms with E-state index in [0.717, 1.165) is 17.5 Å². The van der Waals surface area contributed by atoms with Crippen LogP contribution in [0.1, 0.15) is 29.7 Å². The fourth-order valence-electron chi connectivity index (χ4n) is 2.86. The van der Waals surface area contributed by atoms with Crippen molar-refractivity contribution >= 4 is 16.9 Å². The molecule has 142 valence electrons. The first-order chi connectivity index (χ1) is 12.8. The number of ether oxygens (including phenoxy) is 1. The number of methoxy groups -OCH3 is 1. The number of hydrogen-bond acceptors (Lipinski definition) is 3. The Labute approximate surface area is 153 Å². The number of hydrogen-bond donors (Lipinski definition) is 1. The molecule has 3 rings (SSSR count). The number of furan rings is 1. The summed E-state index contributed by atoms with van der Waals surface area (Å²) in [5.74, 6) is 0.337. The maximum atomic E-state index is 12.8. The van der Waals surface area contributed by atoms with Gasteiger partial charge in [0.15, 0.2) is 0 Å². The third kappa shape index (κ3) is 4.24. The first-order valence-corrected chi connectivity index (χ1v) is 8.28. The van der Waals surface area contributed by atoms with Crippen molar-refractivity contribution in [1.29, 1.82) is 0 Å². The molecule has 4 nitrogen and oxygen atoms in total. The molecule has 0 aliphatic heterocycles. The zero-order valence-electron chi connectivity index (χ0n) is 14.8. The van der Waals surface area contributed by atoms with Crippen LogP contribution in [0, 0.1) is 0 Å². The number of rotatable bonds is 5. The van der Waals surface area contributed by atoms with E-state index in [0.29, 0.717) is 22.5 Å². The van der Waals surface area contributed by atoms with E-state index in [1.807, 2.05) is 0 Å². The van der Waals surface area contributed by atoms with Crippen molar-refractivity contribution in [2.24, 2.45) is 0 Å². The van der Waals surface area contributed by atoms with E-state index in [2.05, 4.69) is 5.32 Å². The standard InChI is InChI=1S/C20H18F3NO3/c1-12(13-4-3-5-15(8-13)20(21,22)23)24-19(25)9-14-11-27-18-10-16(26-2)6-7-17(14)18/h3-8,10-12H,9H2,1-2H3,(H,24,25). The zero-order valence-corrected chi connectivity index (χ0v) is 14.8. The zero-order chi connectivity index (χ0) is 19.6. The minimum absolute atomic E-state index is 0.0582. The Morgan fingerprint density at radius 2 is 2.00 bits per heavy atom. The quantitative estimate of drug-likeness (QED) is 0.689. The summed E-state index contributed by atoms with van der Waals surface area (Å²) >= 11 is 0. The average Bonchev–Trinajstić information content (AvgIpc) is 3.02. The molecule has 0 bridgehead atoms. The fraction of sp³-hybridized carbons (Fsp3) is 0.250. The third-order valence-corrected chi connectivity index (χ3v) is 4.31. The Balaban J connectivity index is 1.71. The molecular formula is C20H18F3NO3. The van der Waals surface area contributed by atoms with Crippen LogP contribution in [-0.4, -0.2) is 13.0 Å². The lowest BCUT2D eigenvalue weighted by Gasteiger charge is -2.16. The highest BCUT2D eigenvalue weighted by Gasteiger charge is 2.30. The molecule has 1 heterocycles. The molecule has 3 aromatic rings. The fourth-order valence-corrected chi connectivity index (χ4v) is 2.86. The lowest BCUT2D eigenvalue weighted by Crippen LogP contribution is -2.28. The van der Waals surface area contributed by atoms with Gasteiger partial charge in [0, 0.05) is 17.0 Å². The average molecular weight is 377 g/mol. The van der Waals surface area contributed by atoms with Crippen molar-refractivity contribution in [3.63, 3.8) is 0 Å². The number of nitrogens with one attached hydrogen (secondary N) is 1. The minimum Gasteiger partial charge on any atom is -0.497 e. The molecule has 1 unspecified atom stereocenters. The van der Waals surface area contributed by atoms with Gasteiger partial charge in [-0.05, 0) is 36.8 Å². The summed E-state index contributed by atoms with van der Waals surface area (Å²) < 4.78 is 49.1. The molecule has 1 atom stereocenters. The number of fused-ring (bicyclic) bond motifs is 1. The number of alkyl halides is 3. The van der Waals surface area contributed by atoms with E-state index in [1.54, 1.807) is 38.3 Å². The van der Waals surface area contributed by atoms with Crippen LogP contribution in [0.3, 0.4) is 0 Å². The van der Waals surface area contributed by atoms with Crippen LogP contribution < -0.4 is 10.1 Å². The summed E-state index contributed by atoms with van der Waals surface area (Å²) in [6.45, 7) is 1.64. The summed E-state index contributed by atoms with van der Waals surface area (Å²) in [4.78, 5) is 12.3. The molecule has 0 spiro atoms. The van der Waals surface area contributed by atoms with Crippen molar-refractivity contribution in [2.75, 3.05) is 7.11 Å². The van der Waals surface area contributed by atoms with Crippen molar-refractivity contribution in [3.05, 3.63) is 65.4 Å². The first kappa shape index (κ1) is 18.8. The van der Waals surface area contributed by atoms with Crippen LogP contribution in [0.5, 0.6) is 5.75 Å². The van der Waals surface area contributed by atoms with Gasteiger partial charge >= 0.3 is 6.18 Å². The molecule has 1 amide bonds. The van der Waals surface area contributed by atoms with Crippen LogP contribution in [0.15, 0.2) is 53.1 Å². The SMILES string of the molecule is COc1ccc2c(CC(=O)NC(C)c3cccc(C(F)(F)F)c3)coc2c1. The number of benzene rings is 2. The molecule has 0 radical (unpaired) electrons. The van der Waals surface area contributed by atoms with Gasteiger partial charge in [-0.25, -0.2) is 0 Å². The molecule has 0 aliphatic rings. The second-order valence-corrected chi connectivity index (χ2v) is 6.21. The number of halogens is 3. The van der Waals surface area contributed by atoms with E-state index in [4.69, 9.17) is 9.15 Å². The second-order valence-electron chi connectivity index (χ2n) is 6.21. The van der Waals surface area contributed by atoms with Crippen LogP contribution in [0.4, 0.5) is 13.2 Å². The van der Waals surface area contributed by atoms with Crippen LogP contribution >= 0.6 is 0 Å². The van der Waals surface area contributed by atoms with Gasteiger partial charge in [-0.15, -0.1) is 0 Å². The largest absolute Gasteiger partial charge is 0.497 e. The highest BCUT2D eigenvalue weighted by atomic mass is 19.4. The topological polar surface area (TPSA) is 51.5 Å². The lowest BCUT2D eigenvalue weighted by atomic mass is 10.0. The smallest absolute Gasteiger partial charge is 0.416 e. The Kier molecular flexibility index (Phi) is 5.12. The monoisotopic (exact) mass is 377 g/mol. The predicted molar refractivity (Wildman–Crippen MR) is 94.5 cm³/mol. The summed E-state index contributed by atoms with van der Waals surface area (Å²) in [6, 6.07) is 9.67. The van der Waals surface area contributed by atoms with E-state index in [1.165, 1.54) is 12.3 Å². The Bertz CT molecular complexity index is 963. The van der Waals surface area contributed by atoms with Crippen molar-refractivity contribution in [2.45, 2.75) is 25.6 Å². The molecule has 1 aromatic heterocycles. The van der Waals surface area contributed by atoms with Crippen LogP contribution in [0.25, 0.3) is 11.0 Å². The number of amides is 1. The lowest BCUT2D eigenvalue weighted by molar-refractivity contribution is -0.137. The van der Waals surface area contributed by atoms with Gasteiger partial charge in [-0.1, -0.05) is 12.1 Å². The minimum atomic E-state index is -4.42. The first-order valence-electron chi connectivity index (χ1n) is 8.28. The van der Waals surface area contributed by atoms with Crippen molar-refractivity contribution in [3.8, 4) is 5.75 Å². The van der Waals surface area contributed by atoms with Crippen LogP contribution in [0.2, 0.25) is 0 Å². The van der Waals surface area contributed by atoms with E-state index >= 15 is 0 Å². The summed E-state index contributed by atoms with van der Waals surface area (Å²) in [5, 5.41) is 3.52. The van der Waals surface area contributed by atoms with Gasteiger partial charge in [0.1, 0.15) is 11.3 Å². The van der Waals surface area contributed by atoms with Gasteiger partial charge in [-0.3, -0.25) is 4.79 Å². The van der Waals surface area contributed by atoms with Crippen molar-refractivity contribution in [1.82, 2.24) is 5.32 Å². The molecule has 2 aromatic carbocycles. The van der Waals surface area contributed by atoms with E-state index < -0.39 is 17.8 Å².